The zero-order valence-electron chi connectivity index (χ0n) is 14.0. The van der Waals surface area contributed by atoms with Gasteiger partial charge in [0.05, 0.1) is 0 Å². The predicted octanol–water partition coefficient (Wildman–Crippen LogP) is 2.42. The number of rotatable bonds is 5. The molecule has 2 aliphatic heterocycles. The maximum Gasteiger partial charge on any atom is 0.223 e. The standard InChI is InChI=1S/C18H25ClFN3O/c1-12(14-8-21-9-14)18(24)22-16-3-2-6-23(11-16)10-13-4-5-15(20)7-17(13)19/h4-5,7,12,14,16,21H,2-3,6,8-11H2,1H3,(H,22,24). The Labute approximate surface area is 147 Å². The second-order valence-electron chi connectivity index (χ2n) is 7.03. The van der Waals surface area contributed by atoms with E-state index in [1.807, 2.05) is 6.92 Å². The molecule has 24 heavy (non-hydrogen) atoms. The SMILES string of the molecule is CC(C(=O)NC1CCCN(Cc2ccc(F)cc2Cl)C1)C1CNC1. The minimum Gasteiger partial charge on any atom is -0.352 e. The van der Waals surface area contributed by atoms with Crippen molar-refractivity contribution in [2.75, 3.05) is 26.2 Å². The van der Waals surface area contributed by atoms with E-state index < -0.39 is 0 Å². The molecule has 0 aliphatic carbocycles. The van der Waals surface area contributed by atoms with Gasteiger partial charge in [-0.25, -0.2) is 4.39 Å². The highest BCUT2D eigenvalue weighted by molar-refractivity contribution is 6.31. The zero-order chi connectivity index (χ0) is 17.1. The van der Waals surface area contributed by atoms with Crippen LogP contribution >= 0.6 is 11.6 Å². The third-order valence-corrected chi connectivity index (χ3v) is 5.55. The van der Waals surface area contributed by atoms with E-state index >= 15 is 0 Å². The van der Waals surface area contributed by atoms with Crippen molar-refractivity contribution in [2.45, 2.75) is 32.4 Å². The first kappa shape index (κ1) is 17.6. The van der Waals surface area contributed by atoms with Crippen LogP contribution in [0.4, 0.5) is 4.39 Å². The summed E-state index contributed by atoms with van der Waals surface area (Å²) in [6.45, 7) is 6.37. The lowest BCUT2D eigenvalue weighted by Crippen LogP contribution is -2.53. The van der Waals surface area contributed by atoms with Crippen molar-refractivity contribution >= 4 is 17.5 Å². The second kappa shape index (κ2) is 7.81. The van der Waals surface area contributed by atoms with Crippen molar-refractivity contribution in [3.8, 4) is 0 Å². The Balaban J connectivity index is 1.53. The molecule has 6 heteroatoms. The second-order valence-corrected chi connectivity index (χ2v) is 7.43. The van der Waals surface area contributed by atoms with Crippen molar-refractivity contribution < 1.29 is 9.18 Å². The van der Waals surface area contributed by atoms with Crippen LogP contribution in [0.2, 0.25) is 5.02 Å². The number of carbonyl (C=O) groups excluding carboxylic acids is 1. The van der Waals surface area contributed by atoms with E-state index in [9.17, 15) is 9.18 Å². The third-order valence-electron chi connectivity index (χ3n) is 5.19. The molecule has 2 atom stereocenters. The molecule has 2 saturated heterocycles. The normalized spacial score (nSPS) is 23.5. The molecule has 132 valence electrons. The number of amides is 1. The molecule has 0 spiro atoms. The Kier molecular flexibility index (Phi) is 5.74. The van der Waals surface area contributed by atoms with E-state index in [2.05, 4.69) is 15.5 Å². The van der Waals surface area contributed by atoms with Gasteiger partial charge in [-0.15, -0.1) is 0 Å². The molecule has 2 aliphatic rings. The average molecular weight is 354 g/mol. The lowest BCUT2D eigenvalue weighted by atomic mass is 9.88. The molecule has 2 N–H and O–H groups in total. The van der Waals surface area contributed by atoms with Gasteiger partial charge in [0, 0.05) is 30.1 Å². The van der Waals surface area contributed by atoms with Gasteiger partial charge in [0.25, 0.3) is 0 Å². The van der Waals surface area contributed by atoms with Gasteiger partial charge in [0.1, 0.15) is 5.82 Å². The van der Waals surface area contributed by atoms with Gasteiger partial charge in [-0.05, 0) is 56.1 Å². The van der Waals surface area contributed by atoms with E-state index in [0.717, 1.165) is 44.6 Å². The molecular weight excluding hydrogens is 329 g/mol. The third kappa shape index (κ3) is 4.26. The summed E-state index contributed by atoms with van der Waals surface area (Å²) in [6, 6.07) is 4.72. The lowest BCUT2D eigenvalue weighted by molar-refractivity contribution is -0.127. The van der Waals surface area contributed by atoms with Gasteiger partial charge in [-0.2, -0.15) is 0 Å². The number of likely N-dealkylation sites (tertiary alicyclic amines) is 1. The zero-order valence-corrected chi connectivity index (χ0v) is 14.8. The predicted molar refractivity (Wildman–Crippen MR) is 93.4 cm³/mol. The Morgan fingerprint density at radius 1 is 1.50 bits per heavy atom. The van der Waals surface area contributed by atoms with Crippen LogP contribution in [0.5, 0.6) is 0 Å². The van der Waals surface area contributed by atoms with Gasteiger partial charge in [-0.1, -0.05) is 24.6 Å². The number of nitrogens with one attached hydrogen (secondary N) is 2. The summed E-state index contributed by atoms with van der Waals surface area (Å²) in [5.41, 5.74) is 0.930. The summed E-state index contributed by atoms with van der Waals surface area (Å²) in [5.74, 6) is 0.371. The fraction of sp³-hybridized carbons (Fsp3) is 0.611. The monoisotopic (exact) mass is 353 g/mol. The van der Waals surface area contributed by atoms with E-state index in [-0.39, 0.29) is 23.7 Å². The van der Waals surface area contributed by atoms with Crippen LogP contribution in [-0.4, -0.2) is 43.0 Å². The van der Waals surface area contributed by atoms with Crippen LogP contribution in [0.15, 0.2) is 18.2 Å². The number of hydrogen-bond donors (Lipinski definition) is 2. The first-order chi connectivity index (χ1) is 11.5. The Bertz CT molecular complexity index is 594. The highest BCUT2D eigenvalue weighted by Crippen LogP contribution is 2.22. The molecule has 2 fully saturated rings. The summed E-state index contributed by atoms with van der Waals surface area (Å²) in [6.07, 6.45) is 2.05. The minimum atomic E-state index is -0.313. The average Bonchev–Trinajstić information content (AvgIpc) is 2.49. The van der Waals surface area contributed by atoms with Crippen molar-refractivity contribution in [2.24, 2.45) is 11.8 Å². The van der Waals surface area contributed by atoms with E-state index in [4.69, 9.17) is 11.6 Å². The molecule has 0 bridgehead atoms. The van der Waals surface area contributed by atoms with Crippen LogP contribution in [0.1, 0.15) is 25.3 Å². The van der Waals surface area contributed by atoms with Gasteiger partial charge in [0.15, 0.2) is 0 Å². The van der Waals surface area contributed by atoms with E-state index in [0.29, 0.717) is 17.5 Å². The number of hydrogen-bond acceptors (Lipinski definition) is 3. The summed E-state index contributed by atoms with van der Waals surface area (Å²) < 4.78 is 13.2. The summed E-state index contributed by atoms with van der Waals surface area (Å²) >= 11 is 6.13. The summed E-state index contributed by atoms with van der Waals surface area (Å²) in [7, 11) is 0. The molecular formula is C18H25ClFN3O. The van der Waals surface area contributed by atoms with Crippen LogP contribution in [-0.2, 0) is 11.3 Å². The Hall–Kier alpha value is -1.17. The number of halogens is 2. The minimum absolute atomic E-state index is 0.0631. The Morgan fingerprint density at radius 2 is 2.29 bits per heavy atom. The molecule has 1 amide bonds. The highest BCUT2D eigenvalue weighted by Gasteiger charge is 2.30. The molecule has 1 aromatic carbocycles. The molecule has 3 rings (SSSR count). The molecule has 1 aromatic rings. The molecule has 2 unspecified atom stereocenters. The van der Waals surface area contributed by atoms with Gasteiger partial charge in [0.2, 0.25) is 5.91 Å². The fourth-order valence-corrected chi connectivity index (χ4v) is 3.65. The largest absolute Gasteiger partial charge is 0.352 e. The number of piperidine rings is 1. The number of carbonyl (C=O) groups is 1. The first-order valence-corrected chi connectivity index (χ1v) is 9.08. The maximum atomic E-state index is 13.2. The van der Waals surface area contributed by atoms with Crippen LogP contribution in [0.3, 0.4) is 0 Å². The molecule has 0 aromatic heterocycles. The van der Waals surface area contributed by atoms with Crippen molar-refractivity contribution in [3.05, 3.63) is 34.6 Å². The first-order valence-electron chi connectivity index (χ1n) is 8.70. The smallest absolute Gasteiger partial charge is 0.223 e. The summed E-state index contributed by atoms with van der Waals surface area (Å²) in [4.78, 5) is 14.7. The van der Waals surface area contributed by atoms with Gasteiger partial charge >= 0.3 is 0 Å². The van der Waals surface area contributed by atoms with E-state index in [1.54, 1.807) is 6.07 Å². The number of nitrogens with zero attached hydrogens (tertiary/aromatic N) is 1. The van der Waals surface area contributed by atoms with Crippen molar-refractivity contribution in [3.63, 3.8) is 0 Å². The van der Waals surface area contributed by atoms with Gasteiger partial charge < -0.3 is 10.6 Å². The van der Waals surface area contributed by atoms with E-state index in [1.165, 1.54) is 12.1 Å². The van der Waals surface area contributed by atoms with Crippen molar-refractivity contribution in [1.29, 1.82) is 0 Å². The highest BCUT2D eigenvalue weighted by atomic mass is 35.5. The van der Waals surface area contributed by atoms with Gasteiger partial charge in [-0.3, -0.25) is 9.69 Å². The number of benzene rings is 1. The molecule has 4 nitrogen and oxygen atoms in total. The van der Waals surface area contributed by atoms with Crippen LogP contribution in [0.25, 0.3) is 0 Å². The topological polar surface area (TPSA) is 44.4 Å². The molecule has 0 radical (unpaired) electrons. The molecule has 0 saturated carbocycles. The summed E-state index contributed by atoms with van der Waals surface area (Å²) in [5, 5.41) is 6.89. The fourth-order valence-electron chi connectivity index (χ4n) is 3.42. The Morgan fingerprint density at radius 3 is 2.96 bits per heavy atom. The van der Waals surface area contributed by atoms with Crippen molar-refractivity contribution in [1.82, 2.24) is 15.5 Å². The van der Waals surface area contributed by atoms with Crippen LogP contribution < -0.4 is 10.6 Å². The lowest BCUT2D eigenvalue weighted by Gasteiger charge is -2.36. The quantitative estimate of drug-likeness (QED) is 0.854. The van der Waals surface area contributed by atoms with Crippen LogP contribution in [0, 0.1) is 17.7 Å². The maximum absolute atomic E-state index is 13.2. The molecule has 2 heterocycles.